The number of ether oxygens (including phenoxy) is 1. The van der Waals surface area contributed by atoms with E-state index in [0.717, 1.165) is 23.2 Å². The standard InChI is InChI=1S/C26H28BrN3O4S/c1-29(35(32,33)25-15-5-20(27)6-16-25)22-11-13-24(14-12-22)34-19-26(31)28-21-7-9-23(10-8-21)30-17-3-2-4-18-30/h5-16H,2-4,17-19H2,1H3,(H,28,31). The quantitative estimate of drug-likeness (QED) is 0.407. The Bertz CT molecular complexity index is 1240. The molecule has 35 heavy (non-hydrogen) atoms. The summed E-state index contributed by atoms with van der Waals surface area (Å²) in [6.45, 7) is 1.99. The molecule has 0 saturated carbocycles. The fourth-order valence-corrected chi connectivity index (χ4v) is 5.37. The third-order valence-electron chi connectivity index (χ3n) is 5.91. The van der Waals surface area contributed by atoms with Crippen LogP contribution in [0.2, 0.25) is 0 Å². The summed E-state index contributed by atoms with van der Waals surface area (Å²) < 4.78 is 33.3. The van der Waals surface area contributed by atoms with Crippen molar-refractivity contribution in [1.82, 2.24) is 0 Å². The molecule has 0 aliphatic carbocycles. The molecule has 1 fully saturated rings. The summed E-state index contributed by atoms with van der Waals surface area (Å²) in [6.07, 6.45) is 3.72. The van der Waals surface area contributed by atoms with Crippen LogP contribution in [0.4, 0.5) is 17.1 Å². The van der Waals surface area contributed by atoms with Crippen molar-refractivity contribution in [3.63, 3.8) is 0 Å². The van der Waals surface area contributed by atoms with Gasteiger partial charge in [-0.15, -0.1) is 0 Å². The molecule has 0 radical (unpaired) electrons. The monoisotopic (exact) mass is 557 g/mol. The first-order valence-electron chi connectivity index (χ1n) is 11.5. The van der Waals surface area contributed by atoms with Crippen molar-refractivity contribution in [3.8, 4) is 5.75 Å². The zero-order valence-electron chi connectivity index (χ0n) is 19.5. The predicted octanol–water partition coefficient (Wildman–Crippen LogP) is 5.28. The molecule has 9 heteroatoms. The summed E-state index contributed by atoms with van der Waals surface area (Å²) in [5, 5.41) is 2.84. The highest BCUT2D eigenvalue weighted by Crippen LogP contribution is 2.26. The van der Waals surface area contributed by atoms with Crippen LogP contribution in [-0.4, -0.2) is 41.1 Å². The number of nitrogens with one attached hydrogen (secondary N) is 1. The molecule has 0 aromatic heterocycles. The zero-order chi connectivity index (χ0) is 24.8. The number of benzene rings is 3. The van der Waals surface area contributed by atoms with Crippen molar-refractivity contribution >= 4 is 48.9 Å². The van der Waals surface area contributed by atoms with E-state index in [9.17, 15) is 13.2 Å². The Morgan fingerprint density at radius 3 is 2.20 bits per heavy atom. The number of hydrogen-bond donors (Lipinski definition) is 1. The van der Waals surface area contributed by atoms with E-state index in [0.29, 0.717) is 11.4 Å². The van der Waals surface area contributed by atoms with Gasteiger partial charge in [-0.1, -0.05) is 15.9 Å². The average molecular weight is 558 g/mol. The number of amides is 1. The van der Waals surface area contributed by atoms with Gasteiger partial charge >= 0.3 is 0 Å². The molecule has 0 unspecified atom stereocenters. The van der Waals surface area contributed by atoms with E-state index in [2.05, 4.69) is 26.1 Å². The van der Waals surface area contributed by atoms with Crippen LogP contribution in [0.25, 0.3) is 0 Å². The van der Waals surface area contributed by atoms with Gasteiger partial charge in [-0.25, -0.2) is 8.42 Å². The molecule has 1 aliphatic heterocycles. The van der Waals surface area contributed by atoms with E-state index in [1.54, 1.807) is 48.5 Å². The van der Waals surface area contributed by atoms with Crippen LogP contribution in [-0.2, 0) is 14.8 Å². The van der Waals surface area contributed by atoms with Crippen LogP contribution in [0.1, 0.15) is 19.3 Å². The molecule has 3 aromatic carbocycles. The number of carbonyl (C=O) groups excluding carboxylic acids is 1. The number of rotatable bonds is 8. The second-order valence-corrected chi connectivity index (χ2v) is 11.2. The van der Waals surface area contributed by atoms with Crippen LogP contribution in [0.3, 0.4) is 0 Å². The van der Waals surface area contributed by atoms with Gasteiger partial charge in [0, 0.05) is 36.0 Å². The highest BCUT2D eigenvalue weighted by Gasteiger charge is 2.21. The Labute approximate surface area is 214 Å². The summed E-state index contributed by atoms with van der Waals surface area (Å²) in [7, 11) is -2.19. The molecule has 1 saturated heterocycles. The Morgan fingerprint density at radius 2 is 1.57 bits per heavy atom. The second-order valence-electron chi connectivity index (χ2n) is 8.35. The fraction of sp³-hybridized carbons (Fsp3) is 0.269. The number of piperidine rings is 1. The lowest BCUT2D eigenvalue weighted by molar-refractivity contribution is -0.118. The molecule has 3 aromatic rings. The summed E-state index contributed by atoms with van der Waals surface area (Å²) >= 11 is 3.31. The van der Waals surface area contributed by atoms with E-state index in [-0.39, 0.29) is 17.4 Å². The average Bonchev–Trinajstić information content (AvgIpc) is 2.88. The van der Waals surface area contributed by atoms with Crippen LogP contribution in [0, 0.1) is 0 Å². The van der Waals surface area contributed by atoms with Crippen molar-refractivity contribution in [2.24, 2.45) is 0 Å². The number of halogens is 1. The SMILES string of the molecule is CN(c1ccc(OCC(=O)Nc2ccc(N3CCCCC3)cc2)cc1)S(=O)(=O)c1ccc(Br)cc1. The fourth-order valence-electron chi connectivity index (χ4n) is 3.91. The number of anilines is 3. The molecule has 0 atom stereocenters. The minimum absolute atomic E-state index is 0.153. The van der Waals surface area contributed by atoms with E-state index in [1.165, 1.54) is 36.3 Å². The molecule has 1 N–H and O–H groups in total. The van der Waals surface area contributed by atoms with Crippen LogP contribution < -0.4 is 19.3 Å². The first-order chi connectivity index (χ1) is 16.8. The van der Waals surface area contributed by atoms with Crippen LogP contribution in [0.5, 0.6) is 5.75 Å². The van der Waals surface area contributed by atoms with Crippen molar-refractivity contribution < 1.29 is 17.9 Å². The van der Waals surface area contributed by atoms with Crippen LogP contribution >= 0.6 is 15.9 Å². The third kappa shape index (κ3) is 6.35. The van der Waals surface area contributed by atoms with Gasteiger partial charge in [0.2, 0.25) is 0 Å². The molecular formula is C26H28BrN3O4S. The van der Waals surface area contributed by atoms with E-state index < -0.39 is 10.0 Å². The van der Waals surface area contributed by atoms with Crippen molar-refractivity contribution in [3.05, 3.63) is 77.3 Å². The topological polar surface area (TPSA) is 79.0 Å². The maximum Gasteiger partial charge on any atom is 0.264 e. The lowest BCUT2D eigenvalue weighted by atomic mass is 10.1. The molecule has 1 aliphatic rings. The van der Waals surface area contributed by atoms with Gasteiger partial charge in [0.05, 0.1) is 10.6 Å². The summed E-state index contributed by atoms with van der Waals surface area (Å²) in [5.74, 6) is 0.202. The van der Waals surface area contributed by atoms with Gasteiger partial charge < -0.3 is 15.0 Å². The molecule has 184 valence electrons. The number of carbonyl (C=O) groups is 1. The Morgan fingerprint density at radius 1 is 0.943 bits per heavy atom. The summed E-state index contributed by atoms with van der Waals surface area (Å²) in [5.41, 5.74) is 2.37. The van der Waals surface area contributed by atoms with Crippen LogP contribution in [0.15, 0.2) is 82.2 Å². The molecular weight excluding hydrogens is 530 g/mol. The van der Waals surface area contributed by atoms with Gasteiger partial charge in [0.25, 0.3) is 15.9 Å². The molecule has 0 bridgehead atoms. The Kier molecular flexibility index (Phi) is 7.97. The van der Waals surface area contributed by atoms with Crippen molar-refractivity contribution in [2.45, 2.75) is 24.2 Å². The Hall–Kier alpha value is -3.04. The van der Waals surface area contributed by atoms with E-state index >= 15 is 0 Å². The van der Waals surface area contributed by atoms with Gasteiger partial charge in [0.15, 0.2) is 6.61 Å². The molecule has 4 rings (SSSR count). The largest absolute Gasteiger partial charge is 0.484 e. The highest BCUT2D eigenvalue weighted by atomic mass is 79.9. The normalized spacial score (nSPS) is 13.8. The van der Waals surface area contributed by atoms with Gasteiger partial charge in [-0.05, 0) is 92.1 Å². The van der Waals surface area contributed by atoms with Crippen molar-refractivity contribution in [2.75, 3.05) is 41.3 Å². The smallest absolute Gasteiger partial charge is 0.264 e. The van der Waals surface area contributed by atoms with E-state index in [4.69, 9.17) is 4.74 Å². The summed E-state index contributed by atoms with van der Waals surface area (Å²) in [4.78, 5) is 14.9. The van der Waals surface area contributed by atoms with Gasteiger partial charge in [-0.2, -0.15) is 0 Å². The highest BCUT2D eigenvalue weighted by molar-refractivity contribution is 9.10. The number of hydrogen-bond acceptors (Lipinski definition) is 5. The molecule has 0 spiro atoms. The molecule has 7 nitrogen and oxygen atoms in total. The van der Waals surface area contributed by atoms with Gasteiger partial charge in [-0.3, -0.25) is 9.10 Å². The predicted molar refractivity (Wildman–Crippen MR) is 143 cm³/mol. The minimum atomic E-state index is -3.69. The molecule has 1 amide bonds. The maximum absolute atomic E-state index is 12.9. The van der Waals surface area contributed by atoms with E-state index in [1.807, 2.05) is 24.3 Å². The molecule has 1 heterocycles. The lowest BCUT2D eigenvalue weighted by Gasteiger charge is -2.28. The maximum atomic E-state index is 12.9. The Balaban J connectivity index is 1.30. The zero-order valence-corrected chi connectivity index (χ0v) is 21.9. The minimum Gasteiger partial charge on any atom is -0.484 e. The first-order valence-corrected chi connectivity index (χ1v) is 13.7. The van der Waals surface area contributed by atoms with Gasteiger partial charge in [0.1, 0.15) is 5.75 Å². The van der Waals surface area contributed by atoms with Crippen molar-refractivity contribution in [1.29, 1.82) is 0 Å². The lowest BCUT2D eigenvalue weighted by Crippen LogP contribution is -2.29. The number of nitrogens with zero attached hydrogens (tertiary/aromatic N) is 2. The summed E-state index contributed by atoms with van der Waals surface area (Å²) in [6, 6.07) is 20.9. The second kappa shape index (κ2) is 11.1. The third-order valence-corrected chi connectivity index (χ3v) is 8.24. The number of sulfonamides is 1. The first kappa shape index (κ1) is 25.1.